The van der Waals surface area contributed by atoms with Crippen molar-refractivity contribution in [3.05, 3.63) is 106 Å². The largest absolute Gasteiger partial charge is 0.443 e. The first-order chi connectivity index (χ1) is 16.9. The van der Waals surface area contributed by atoms with E-state index in [1.54, 1.807) is 18.2 Å². The van der Waals surface area contributed by atoms with E-state index in [0.717, 1.165) is 24.3 Å². The Bertz CT molecular complexity index is 1290. The average molecular weight is 636 g/mol. The summed E-state index contributed by atoms with van der Waals surface area (Å²) in [6.07, 6.45) is -9.04. The summed E-state index contributed by atoms with van der Waals surface area (Å²) in [7, 11) is -1.51. The maximum absolute atomic E-state index is 13.0. The molecule has 0 amide bonds. The standard InChI is InChI=1S/C25H15F6IO3S/c26-24(27,28)15-1-7-18(8-2-15)36(19-9-3-16(4-10-19)25(29,30)31)20-11-5-17(6-12-20)34-23(33)21-13-14-22(32)35-21/h1-14,36H. The Morgan fingerprint density at radius 2 is 1.08 bits per heavy atom. The molecule has 0 atom stereocenters. The molecule has 0 saturated carbocycles. The summed E-state index contributed by atoms with van der Waals surface area (Å²) in [4.78, 5) is 13.9. The van der Waals surface area contributed by atoms with Crippen molar-refractivity contribution in [3.8, 4) is 5.75 Å². The maximum Gasteiger partial charge on any atom is 0.416 e. The van der Waals surface area contributed by atoms with Gasteiger partial charge in [0.15, 0.2) is 3.77 Å². The van der Waals surface area contributed by atoms with E-state index >= 15 is 0 Å². The van der Waals surface area contributed by atoms with E-state index in [0.29, 0.717) is 18.5 Å². The zero-order valence-corrected chi connectivity index (χ0v) is 21.0. The van der Waals surface area contributed by atoms with Crippen molar-refractivity contribution in [2.24, 2.45) is 0 Å². The predicted octanol–water partition coefficient (Wildman–Crippen LogP) is 8.62. The zero-order chi connectivity index (χ0) is 26.1. The van der Waals surface area contributed by atoms with Gasteiger partial charge in [0.2, 0.25) is 5.76 Å². The topological polar surface area (TPSA) is 39.4 Å². The van der Waals surface area contributed by atoms with Crippen molar-refractivity contribution in [1.29, 1.82) is 0 Å². The van der Waals surface area contributed by atoms with Gasteiger partial charge in [-0.25, -0.2) is 4.79 Å². The second-order valence-corrected chi connectivity index (χ2v) is 10.7. The van der Waals surface area contributed by atoms with Crippen molar-refractivity contribution >= 4 is 39.5 Å². The van der Waals surface area contributed by atoms with Crippen LogP contribution >= 0.6 is 33.5 Å². The number of alkyl halides is 6. The van der Waals surface area contributed by atoms with Gasteiger partial charge in [-0.15, -0.1) is 0 Å². The molecule has 0 radical (unpaired) electrons. The lowest BCUT2D eigenvalue weighted by molar-refractivity contribution is -0.138. The fourth-order valence-corrected chi connectivity index (χ4v) is 5.94. The van der Waals surface area contributed by atoms with Gasteiger partial charge in [-0.05, 0) is 122 Å². The van der Waals surface area contributed by atoms with Crippen LogP contribution in [-0.2, 0) is 12.4 Å². The molecule has 0 bridgehead atoms. The Balaban J connectivity index is 1.67. The molecule has 0 aliphatic rings. The van der Waals surface area contributed by atoms with E-state index in [-0.39, 0.29) is 11.5 Å². The minimum atomic E-state index is -4.52. The van der Waals surface area contributed by atoms with E-state index in [9.17, 15) is 31.1 Å². The lowest BCUT2D eigenvalue weighted by atomic mass is 10.2. The highest BCUT2D eigenvalue weighted by Gasteiger charge is 2.31. The molecule has 0 saturated heterocycles. The van der Waals surface area contributed by atoms with Crippen LogP contribution in [-0.4, -0.2) is 5.97 Å². The van der Waals surface area contributed by atoms with Crippen LogP contribution in [0.25, 0.3) is 0 Å². The van der Waals surface area contributed by atoms with Crippen LogP contribution in [0.3, 0.4) is 0 Å². The minimum absolute atomic E-state index is 0.0141. The number of esters is 1. The van der Waals surface area contributed by atoms with Gasteiger partial charge in [0.25, 0.3) is 0 Å². The van der Waals surface area contributed by atoms with Gasteiger partial charge >= 0.3 is 18.3 Å². The molecule has 4 rings (SSSR count). The number of hydrogen-bond acceptors (Lipinski definition) is 3. The summed E-state index contributed by atoms with van der Waals surface area (Å²) in [5.41, 5.74) is -1.66. The molecule has 1 heterocycles. The van der Waals surface area contributed by atoms with Crippen molar-refractivity contribution in [2.75, 3.05) is 0 Å². The van der Waals surface area contributed by atoms with Crippen LogP contribution in [0.5, 0.6) is 5.75 Å². The first-order valence-electron chi connectivity index (χ1n) is 10.1. The summed E-state index contributed by atoms with van der Waals surface area (Å²) < 4.78 is 89.3. The Hall–Kier alpha value is -2.93. The minimum Gasteiger partial charge on any atom is -0.443 e. The van der Waals surface area contributed by atoms with Crippen LogP contribution in [0.4, 0.5) is 26.3 Å². The Labute approximate surface area is 217 Å². The van der Waals surface area contributed by atoms with E-state index in [4.69, 9.17) is 9.15 Å². The zero-order valence-electron chi connectivity index (χ0n) is 17.9. The second-order valence-electron chi connectivity index (χ2n) is 7.41. The number of carbonyl (C=O) groups is 1. The molecule has 0 aliphatic carbocycles. The van der Waals surface area contributed by atoms with E-state index < -0.39 is 40.3 Å². The first-order valence-corrected chi connectivity index (χ1v) is 12.6. The van der Waals surface area contributed by atoms with Crippen molar-refractivity contribution < 1.29 is 40.3 Å². The van der Waals surface area contributed by atoms with Crippen molar-refractivity contribution in [2.45, 2.75) is 27.0 Å². The normalized spacial score (nSPS) is 12.4. The highest BCUT2D eigenvalue weighted by molar-refractivity contribution is 14.1. The number of halogens is 7. The molecule has 0 aliphatic heterocycles. The lowest BCUT2D eigenvalue weighted by Crippen LogP contribution is -2.07. The smallest absolute Gasteiger partial charge is 0.416 e. The molecule has 36 heavy (non-hydrogen) atoms. The predicted molar refractivity (Wildman–Crippen MR) is 129 cm³/mol. The van der Waals surface area contributed by atoms with Gasteiger partial charge in [0.05, 0.1) is 11.1 Å². The Morgan fingerprint density at radius 1 is 0.667 bits per heavy atom. The number of thiol groups is 1. The van der Waals surface area contributed by atoms with Gasteiger partial charge in [-0.3, -0.25) is 0 Å². The molecular formula is C25H15F6IO3S. The van der Waals surface area contributed by atoms with Crippen LogP contribution < -0.4 is 4.74 Å². The summed E-state index contributed by atoms with van der Waals surface area (Å²) in [5, 5.41) is 0. The van der Waals surface area contributed by atoms with Gasteiger partial charge in [-0.2, -0.15) is 37.2 Å². The summed E-state index contributed by atoms with van der Waals surface area (Å²) >= 11 is 1.90. The maximum atomic E-state index is 13.0. The van der Waals surface area contributed by atoms with Crippen LogP contribution in [0.2, 0.25) is 0 Å². The van der Waals surface area contributed by atoms with E-state index in [1.165, 1.54) is 42.5 Å². The van der Waals surface area contributed by atoms with E-state index in [1.807, 2.05) is 22.6 Å². The first kappa shape index (κ1) is 26.1. The molecule has 0 N–H and O–H groups in total. The number of benzene rings is 3. The number of ether oxygens (including phenoxy) is 1. The van der Waals surface area contributed by atoms with Crippen LogP contribution in [0, 0.1) is 3.77 Å². The quantitative estimate of drug-likeness (QED) is 0.0785. The molecule has 3 nitrogen and oxygen atoms in total. The molecule has 4 aromatic rings. The van der Waals surface area contributed by atoms with E-state index in [2.05, 4.69) is 0 Å². The van der Waals surface area contributed by atoms with Gasteiger partial charge in [0, 0.05) is 0 Å². The SMILES string of the molecule is O=C(Oc1ccc([SH](c2ccc(C(F)(F)F)cc2)c2ccc(C(F)(F)F)cc2)cc1)c1ccc(I)o1. The number of furan rings is 1. The summed E-state index contributed by atoms with van der Waals surface area (Å²) in [6, 6.07) is 18.3. The number of hydrogen-bond donors (Lipinski definition) is 1. The Morgan fingerprint density at radius 3 is 1.44 bits per heavy atom. The van der Waals surface area contributed by atoms with Crippen LogP contribution in [0.15, 0.2) is 104 Å². The molecule has 188 valence electrons. The molecule has 3 aromatic carbocycles. The fraction of sp³-hybridized carbons (Fsp3) is 0.0800. The van der Waals surface area contributed by atoms with Gasteiger partial charge in [0.1, 0.15) is 5.75 Å². The highest BCUT2D eigenvalue weighted by atomic mass is 127. The number of rotatable bonds is 5. The molecule has 11 heteroatoms. The third-order valence-electron chi connectivity index (χ3n) is 4.99. The molecule has 0 fully saturated rings. The number of carbonyl (C=O) groups excluding carboxylic acids is 1. The Kier molecular flexibility index (Phi) is 7.41. The van der Waals surface area contributed by atoms with Crippen molar-refractivity contribution in [3.63, 3.8) is 0 Å². The fourth-order valence-electron chi connectivity index (χ4n) is 3.29. The summed E-state index contributed by atoms with van der Waals surface area (Å²) in [6.45, 7) is 0. The lowest BCUT2D eigenvalue weighted by Gasteiger charge is -2.24. The third-order valence-corrected chi connectivity index (χ3v) is 8.01. The monoisotopic (exact) mass is 636 g/mol. The van der Waals surface area contributed by atoms with Crippen LogP contribution in [0.1, 0.15) is 21.7 Å². The molecule has 1 aromatic heterocycles. The molecule has 0 spiro atoms. The average Bonchev–Trinajstić information content (AvgIpc) is 3.26. The molecule has 0 unspecified atom stereocenters. The van der Waals surface area contributed by atoms with Gasteiger partial charge in [-0.1, -0.05) is 0 Å². The second kappa shape index (κ2) is 10.2. The molecular weight excluding hydrogens is 621 g/mol. The highest BCUT2D eigenvalue weighted by Crippen LogP contribution is 2.52. The van der Waals surface area contributed by atoms with Gasteiger partial charge < -0.3 is 9.15 Å². The third kappa shape index (κ3) is 6.06. The van der Waals surface area contributed by atoms with Crippen molar-refractivity contribution in [1.82, 2.24) is 0 Å². The summed E-state index contributed by atoms with van der Waals surface area (Å²) in [5.74, 6) is -0.497.